The van der Waals surface area contributed by atoms with Gasteiger partial charge >= 0.3 is 0 Å². The summed E-state index contributed by atoms with van der Waals surface area (Å²) in [6, 6.07) is 0. The van der Waals surface area contributed by atoms with Gasteiger partial charge in [-0.15, -0.1) is 11.6 Å². The van der Waals surface area contributed by atoms with Crippen molar-refractivity contribution in [3.63, 3.8) is 0 Å². The Bertz CT molecular complexity index is 330. The maximum atomic E-state index is 10.8. The second-order valence-electron chi connectivity index (χ2n) is 7.32. The monoisotopic (exact) mass is 336 g/mol. The smallest absolute Gasteiger partial charge is 0.0654 e. The highest BCUT2D eigenvalue weighted by Crippen LogP contribution is 2.60. The summed E-state index contributed by atoms with van der Waals surface area (Å²) in [4.78, 5) is 0.390. The molecule has 0 spiro atoms. The van der Waals surface area contributed by atoms with Crippen molar-refractivity contribution in [2.24, 2.45) is 17.3 Å². The third-order valence-electron chi connectivity index (χ3n) is 5.82. The summed E-state index contributed by atoms with van der Waals surface area (Å²) in [5, 5.41) is 10.8. The summed E-state index contributed by atoms with van der Waals surface area (Å²) >= 11 is 10.7. The Kier molecular flexibility index (Phi) is 3.89. The van der Waals surface area contributed by atoms with Crippen LogP contribution < -0.4 is 0 Å². The lowest BCUT2D eigenvalue weighted by Gasteiger charge is -2.59. The fourth-order valence-electron chi connectivity index (χ4n) is 4.08. The fraction of sp³-hybridized carbons (Fsp3) is 1.00. The molecule has 0 radical (unpaired) electrons. The molecule has 2 fully saturated rings. The van der Waals surface area contributed by atoms with E-state index >= 15 is 0 Å². The number of aliphatic hydroxyl groups is 1. The van der Waals surface area contributed by atoms with E-state index in [9.17, 15) is 5.11 Å². The van der Waals surface area contributed by atoms with Gasteiger partial charge in [0.25, 0.3) is 0 Å². The molecule has 1 N–H and O–H groups in total. The Morgan fingerprint density at radius 2 is 1.83 bits per heavy atom. The normalized spacial score (nSPS) is 53.3. The first-order valence-electron chi connectivity index (χ1n) is 7.17. The van der Waals surface area contributed by atoms with Crippen molar-refractivity contribution < 1.29 is 5.11 Å². The highest BCUT2D eigenvalue weighted by Gasteiger charge is 2.57. The van der Waals surface area contributed by atoms with Gasteiger partial charge < -0.3 is 5.11 Å². The molecule has 0 aromatic heterocycles. The lowest BCUT2D eigenvalue weighted by atomic mass is 9.52. The zero-order chi connectivity index (χ0) is 13.8. The zero-order valence-electron chi connectivity index (χ0n) is 12.0. The predicted octanol–water partition coefficient (Wildman–Crippen LogP) is 4.73. The Morgan fingerprint density at radius 3 is 2.39 bits per heavy atom. The molecule has 2 aliphatic rings. The third kappa shape index (κ3) is 2.27. The topological polar surface area (TPSA) is 20.2 Å². The van der Waals surface area contributed by atoms with Gasteiger partial charge in [0.05, 0.1) is 5.60 Å². The van der Waals surface area contributed by atoms with Gasteiger partial charge in [0.15, 0.2) is 0 Å². The van der Waals surface area contributed by atoms with Crippen LogP contribution in [0.2, 0.25) is 0 Å². The Balaban J connectivity index is 2.32. The summed E-state index contributed by atoms with van der Waals surface area (Å²) in [5.41, 5.74) is -0.372. The van der Waals surface area contributed by atoms with Gasteiger partial charge in [-0.25, -0.2) is 0 Å². The molecule has 2 aliphatic carbocycles. The Morgan fingerprint density at radius 1 is 1.22 bits per heavy atom. The number of hydrogen-bond acceptors (Lipinski definition) is 1. The second-order valence-corrected chi connectivity index (χ2v) is 9.17. The van der Waals surface area contributed by atoms with E-state index in [0.717, 1.165) is 32.1 Å². The van der Waals surface area contributed by atoms with Gasteiger partial charge in [-0.3, -0.25) is 0 Å². The first-order valence-corrected chi connectivity index (χ1v) is 8.46. The van der Waals surface area contributed by atoms with Crippen LogP contribution in [0, 0.1) is 17.3 Å². The SMILES string of the molecule is CC(C)C1(Cl)CCC2(C)C(Br)CCC(C)(O)C2C1. The molecule has 5 atom stereocenters. The quantitative estimate of drug-likeness (QED) is 0.685. The van der Waals surface area contributed by atoms with E-state index in [1.165, 1.54) is 0 Å². The molecule has 0 bridgehead atoms. The largest absolute Gasteiger partial charge is 0.390 e. The van der Waals surface area contributed by atoms with Crippen LogP contribution in [-0.4, -0.2) is 20.4 Å². The summed E-state index contributed by atoms with van der Waals surface area (Å²) in [7, 11) is 0. The minimum absolute atomic E-state index is 0.127. The first-order chi connectivity index (χ1) is 8.12. The molecule has 5 unspecified atom stereocenters. The van der Waals surface area contributed by atoms with Crippen LogP contribution in [0.1, 0.15) is 59.8 Å². The van der Waals surface area contributed by atoms with Crippen LogP contribution in [0.25, 0.3) is 0 Å². The predicted molar refractivity (Wildman–Crippen MR) is 81.4 cm³/mol. The van der Waals surface area contributed by atoms with E-state index in [1.54, 1.807) is 0 Å². The number of hydrogen-bond donors (Lipinski definition) is 1. The van der Waals surface area contributed by atoms with E-state index < -0.39 is 5.60 Å². The third-order valence-corrected chi connectivity index (χ3v) is 8.11. The molecule has 2 saturated carbocycles. The van der Waals surface area contributed by atoms with E-state index in [0.29, 0.717) is 16.7 Å². The molecule has 106 valence electrons. The molecule has 0 aliphatic heterocycles. The second kappa shape index (κ2) is 4.63. The van der Waals surface area contributed by atoms with Crippen molar-refractivity contribution in [2.75, 3.05) is 0 Å². The number of rotatable bonds is 1. The van der Waals surface area contributed by atoms with Gasteiger partial charge in [-0.2, -0.15) is 0 Å². The van der Waals surface area contributed by atoms with Gasteiger partial charge in [-0.1, -0.05) is 36.7 Å². The Hall–Kier alpha value is 0.730. The standard InChI is InChI=1S/C15H26BrClO/c1-10(2)15(17)8-7-13(3)11(9-15)14(4,18)6-5-12(13)16/h10-12,18H,5-9H2,1-4H3. The summed E-state index contributed by atoms with van der Waals surface area (Å²) in [6.07, 6.45) is 5.08. The minimum atomic E-state index is -0.561. The number of fused-ring (bicyclic) bond motifs is 1. The van der Waals surface area contributed by atoms with E-state index in [1.807, 2.05) is 6.92 Å². The van der Waals surface area contributed by atoms with Crippen LogP contribution in [0.3, 0.4) is 0 Å². The van der Waals surface area contributed by atoms with Gasteiger partial charge in [0.1, 0.15) is 0 Å². The molecule has 0 saturated heterocycles. The number of halogens is 2. The van der Waals surface area contributed by atoms with Crippen LogP contribution in [0.4, 0.5) is 0 Å². The van der Waals surface area contributed by atoms with E-state index in [4.69, 9.17) is 11.6 Å². The van der Waals surface area contributed by atoms with Crippen LogP contribution in [0.15, 0.2) is 0 Å². The van der Waals surface area contributed by atoms with Crippen molar-refractivity contribution >= 4 is 27.5 Å². The fourth-order valence-corrected chi connectivity index (χ4v) is 5.10. The zero-order valence-corrected chi connectivity index (χ0v) is 14.3. The highest BCUT2D eigenvalue weighted by atomic mass is 79.9. The van der Waals surface area contributed by atoms with Crippen molar-refractivity contribution in [2.45, 2.75) is 75.1 Å². The highest BCUT2D eigenvalue weighted by molar-refractivity contribution is 9.09. The molecule has 0 aromatic carbocycles. The molecular formula is C15H26BrClO. The van der Waals surface area contributed by atoms with Crippen molar-refractivity contribution in [1.82, 2.24) is 0 Å². The van der Waals surface area contributed by atoms with Crippen molar-refractivity contribution in [3.05, 3.63) is 0 Å². The lowest BCUT2D eigenvalue weighted by Crippen LogP contribution is -2.58. The average Bonchev–Trinajstić information content (AvgIpc) is 2.27. The average molecular weight is 338 g/mol. The van der Waals surface area contributed by atoms with Crippen LogP contribution >= 0.6 is 27.5 Å². The van der Waals surface area contributed by atoms with E-state index in [2.05, 4.69) is 36.7 Å². The summed E-state index contributed by atoms with van der Waals surface area (Å²) in [6.45, 7) is 8.76. The van der Waals surface area contributed by atoms with E-state index in [-0.39, 0.29) is 10.3 Å². The summed E-state index contributed by atoms with van der Waals surface area (Å²) < 4.78 is 0. The molecule has 0 heterocycles. The molecule has 1 nitrogen and oxygen atoms in total. The maximum Gasteiger partial charge on any atom is 0.0654 e. The van der Waals surface area contributed by atoms with Crippen molar-refractivity contribution in [3.8, 4) is 0 Å². The van der Waals surface area contributed by atoms with Gasteiger partial charge in [0.2, 0.25) is 0 Å². The molecular weight excluding hydrogens is 312 g/mol. The van der Waals surface area contributed by atoms with Gasteiger partial charge in [0, 0.05) is 9.70 Å². The molecule has 18 heavy (non-hydrogen) atoms. The lowest BCUT2D eigenvalue weighted by molar-refractivity contribution is -0.118. The Labute approximate surface area is 125 Å². The first kappa shape index (κ1) is 15.1. The molecule has 0 amide bonds. The van der Waals surface area contributed by atoms with Crippen LogP contribution in [0.5, 0.6) is 0 Å². The maximum absolute atomic E-state index is 10.8. The minimum Gasteiger partial charge on any atom is -0.390 e. The number of alkyl halides is 2. The molecule has 0 aromatic rings. The summed E-state index contributed by atoms with van der Waals surface area (Å²) in [5.74, 6) is 0.770. The van der Waals surface area contributed by atoms with Crippen LogP contribution in [-0.2, 0) is 0 Å². The molecule has 2 rings (SSSR count). The van der Waals surface area contributed by atoms with Crippen molar-refractivity contribution in [1.29, 1.82) is 0 Å². The van der Waals surface area contributed by atoms with Gasteiger partial charge in [-0.05, 0) is 56.3 Å². The molecule has 3 heteroatoms.